The summed E-state index contributed by atoms with van der Waals surface area (Å²) in [6.07, 6.45) is -3.06. The van der Waals surface area contributed by atoms with Gasteiger partial charge >= 0.3 is 6.36 Å². The third-order valence-electron chi connectivity index (χ3n) is 4.01. The molecule has 2 heterocycles. The molecule has 0 unspecified atom stereocenters. The molecule has 23 heavy (non-hydrogen) atoms. The Kier molecular flexibility index (Phi) is 3.91. The minimum Gasteiger partial charge on any atom is -0.406 e. The summed E-state index contributed by atoms with van der Waals surface area (Å²) in [5.74, 6) is 1.48. The van der Waals surface area contributed by atoms with Crippen LogP contribution in [0.4, 0.5) is 18.9 Å². The molecule has 0 radical (unpaired) electrons. The number of rotatable bonds is 3. The quantitative estimate of drug-likeness (QED) is 0.870. The molecule has 0 fully saturated rings. The normalized spacial score (nSPS) is 14.7. The van der Waals surface area contributed by atoms with E-state index >= 15 is 0 Å². The lowest BCUT2D eigenvalue weighted by atomic mass is 10.0. The molecule has 0 aliphatic carbocycles. The van der Waals surface area contributed by atoms with Gasteiger partial charge in [-0.1, -0.05) is 0 Å². The number of hydrogen-bond donors (Lipinski definition) is 0. The van der Waals surface area contributed by atoms with E-state index in [0.717, 1.165) is 42.3 Å². The Morgan fingerprint density at radius 2 is 2.04 bits per heavy atom. The molecule has 0 atom stereocenters. The maximum absolute atomic E-state index is 12.3. The van der Waals surface area contributed by atoms with Gasteiger partial charge in [0.1, 0.15) is 11.6 Å². The number of aryl methyl sites for hydroxylation is 2. The summed E-state index contributed by atoms with van der Waals surface area (Å²) >= 11 is 0. The highest BCUT2D eigenvalue weighted by Crippen LogP contribution is 2.33. The lowest BCUT2D eigenvalue weighted by Crippen LogP contribution is -2.30. The van der Waals surface area contributed by atoms with Crippen molar-refractivity contribution in [3.63, 3.8) is 0 Å². The Labute approximate surface area is 131 Å². The summed E-state index contributed by atoms with van der Waals surface area (Å²) in [5.41, 5.74) is 1.78. The van der Waals surface area contributed by atoms with Crippen molar-refractivity contribution in [2.24, 2.45) is 7.05 Å². The number of nitrogens with zero attached hydrogens (tertiary/aromatic N) is 4. The predicted octanol–water partition coefficient (Wildman–Crippen LogP) is 2.97. The summed E-state index contributed by atoms with van der Waals surface area (Å²) in [7, 11) is 1.90. The van der Waals surface area contributed by atoms with Gasteiger partial charge in [-0.2, -0.15) is 0 Å². The molecule has 124 valence electrons. The van der Waals surface area contributed by atoms with E-state index in [1.165, 1.54) is 12.1 Å². The van der Waals surface area contributed by atoms with Gasteiger partial charge in [0.05, 0.1) is 6.54 Å². The lowest BCUT2D eigenvalue weighted by molar-refractivity contribution is -0.274. The minimum absolute atomic E-state index is 0.174. The Hall–Kier alpha value is -2.25. The van der Waals surface area contributed by atoms with Crippen LogP contribution in [0.2, 0.25) is 0 Å². The van der Waals surface area contributed by atoms with Crippen molar-refractivity contribution < 1.29 is 17.9 Å². The van der Waals surface area contributed by atoms with Gasteiger partial charge in [-0.25, -0.2) is 0 Å². The number of halogens is 3. The largest absolute Gasteiger partial charge is 0.573 e. The number of alkyl halides is 3. The molecule has 1 aromatic heterocycles. The van der Waals surface area contributed by atoms with Gasteiger partial charge in [0.2, 0.25) is 0 Å². The van der Waals surface area contributed by atoms with E-state index in [9.17, 15) is 13.2 Å². The van der Waals surface area contributed by atoms with Crippen LogP contribution in [0.15, 0.2) is 18.2 Å². The zero-order chi connectivity index (χ0) is 16.6. The second-order valence-electron chi connectivity index (χ2n) is 5.59. The van der Waals surface area contributed by atoms with Crippen molar-refractivity contribution in [3.8, 4) is 5.75 Å². The van der Waals surface area contributed by atoms with Crippen LogP contribution in [-0.4, -0.2) is 27.7 Å². The molecule has 1 aromatic carbocycles. The fourth-order valence-corrected chi connectivity index (χ4v) is 2.77. The van der Waals surface area contributed by atoms with Crippen LogP contribution in [0.25, 0.3) is 0 Å². The molecule has 8 heteroatoms. The van der Waals surface area contributed by atoms with Crippen molar-refractivity contribution in [1.82, 2.24) is 14.8 Å². The summed E-state index contributed by atoms with van der Waals surface area (Å²) in [4.78, 5) is 2.11. The summed E-state index contributed by atoms with van der Waals surface area (Å²) < 4.78 is 42.9. The second-order valence-corrected chi connectivity index (χ2v) is 5.59. The van der Waals surface area contributed by atoms with Crippen LogP contribution in [-0.2, 0) is 20.0 Å². The first-order valence-electron chi connectivity index (χ1n) is 7.32. The van der Waals surface area contributed by atoms with Crippen molar-refractivity contribution in [1.29, 1.82) is 0 Å². The topological polar surface area (TPSA) is 43.2 Å². The maximum Gasteiger partial charge on any atom is 0.573 e. The van der Waals surface area contributed by atoms with E-state index in [2.05, 4.69) is 19.8 Å². The minimum atomic E-state index is -4.67. The van der Waals surface area contributed by atoms with Gasteiger partial charge in [-0.3, -0.25) is 0 Å². The third kappa shape index (κ3) is 3.40. The summed E-state index contributed by atoms with van der Waals surface area (Å²) in [6.45, 7) is 3.28. The Balaban J connectivity index is 1.83. The van der Waals surface area contributed by atoms with E-state index in [0.29, 0.717) is 6.54 Å². The van der Waals surface area contributed by atoms with Crippen LogP contribution in [0.1, 0.15) is 23.6 Å². The molecule has 2 aromatic rings. The third-order valence-corrected chi connectivity index (χ3v) is 4.01. The van der Waals surface area contributed by atoms with Gasteiger partial charge < -0.3 is 14.2 Å². The smallest absolute Gasteiger partial charge is 0.406 e. The average Bonchev–Trinajstić information content (AvgIpc) is 2.78. The first-order valence-corrected chi connectivity index (χ1v) is 7.32. The Bertz CT molecular complexity index is 711. The monoisotopic (exact) mass is 326 g/mol. The average molecular weight is 326 g/mol. The van der Waals surface area contributed by atoms with E-state index in [1.807, 2.05) is 18.5 Å². The van der Waals surface area contributed by atoms with E-state index < -0.39 is 6.36 Å². The number of anilines is 1. The van der Waals surface area contributed by atoms with Crippen LogP contribution in [0.3, 0.4) is 0 Å². The van der Waals surface area contributed by atoms with Crippen LogP contribution in [0.5, 0.6) is 5.75 Å². The Morgan fingerprint density at radius 3 is 2.70 bits per heavy atom. The molecule has 5 nitrogen and oxygen atoms in total. The highest BCUT2D eigenvalue weighted by atomic mass is 19.4. The van der Waals surface area contributed by atoms with Crippen molar-refractivity contribution in [2.45, 2.75) is 32.7 Å². The highest BCUT2D eigenvalue weighted by Gasteiger charge is 2.31. The van der Waals surface area contributed by atoms with Gasteiger partial charge in [-0.05, 0) is 43.5 Å². The molecule has 0 bridgehead atoms. The number of ether oxygens (including phenoxy) is 1. The molecule has 0 amide bonds. The van der Waals surface area contributed by atoms with Gasteiger partial charge in [0, 0.05) is 19.3 Å². The molecular formula is C15H17F3N4O. The molecule has 1 aliphatic rings. The number of benzene rings is 1. The molecule has 1 aliphatic heterocycles. The molecular weight excluding hydrogens is 309 g/mol. The van der Waals surface area contributed by atoms with Gasteiger partial charge in [-0.15, -0.1) is 23.4 Å². The molecule has 3 rings (SSSR count). The summed E-state index contributed by atoms with van der Waals surface area (Å²) in [5, 5.41) is 8.18. The van der Waals surface area contributed by atoms with Crippen molar-refractivity contribution in [2.75, 3.05) is 11.4 Å². The van der Waals surface area contributed by atoms with E-state index in [-0.39, 0.29) is 5.75 Å². The standard InChI is InChI=1S/C15H17F3N4O/c1-10-19-20-14(21(10)2)9-22-7-3-4-11-8-12(5-6-13(11)22)23-15(16,17)18/h5-6,8H,3-4,7,9H2,1-2H3. The first kappa shape index (κ1) is 15.6. The number of hydrogen-bond acceptors (Lipinski definition) is 4. The lowest BCUT2D eigenvalue weighted by Gasteiger charge is -2.31. The van der Waals surface area contributed by atoms with Gasteiger partial charge in [0.25, 0.3) is 0 Å². The predicted molar refractivity (Wildman–Crippen MR) is 78.2 cm³/mol. The molecule has 0 saturated carbocycles. The number of aromatic nitrogens is 3. The van der Waals surface area contributed by atoms with Crippen molar-refractivity contribution in [3.05, 3.63) is 35.4 Å². The number of fused-ring (bicyclic) bond motifs is 1. The molecule has 0 spiro atoms. The SMILES string of the molecule is Cc1nnc(CN2CCCc3cc(OC(F)(F)F)ccc32)n1C. The second kappa shape index (κ2) is 5.75. The highest BCUT2D eigenvalue weighted by molar-refractivity contribution is 5.58. The molecule has 0 N–H and O–H groups in total. The fourth-order valence-electron chi connectivity index (χ4n) is 2.77. The Morgan fingerprint density at radius 1 is 1.26 bits per heavy atom. The first-order chi connectivity index (χ1) is 10.8. The zero-order valence-electron chi connectivity index (χ0n) is 12.9. The van der Waals surface area contributed by atoms with Gasteiger partial charge in [0.15, 0.2) is 5.82 Å². The van der Waals surface area contributed by atoms with E-state index in [1.54, 1.807) is 6.07 Å². The van der Waals surface area contributed by atoms with Crippen LogP contribution < -0.4 is 9.64 Å². The fraction of sp³-hybridized carbons (Fsp3) is 0.467. The molecule has 0 saturated heterocycles. The van der Waals surface area contributed by atoms with Crippen LogP contribution in [0, 0.1) is 6.92 Å². The zero-order valence-corrected chi connectivity index (χ0v) is 12.9. The van der Waals surface area contributed by atoms with Crippen LogP contribution >= 0.6 is 0 Å². The van der Waals surface area contributed by atoms with Crippen molar-refractivity contribution >= 4 is 5.69 Å². The van der Waals surface area contributed by atoms with E-state index in [4.69, 9.17) is 0 Å². The summed E-state index contributed by atoms with van der Waals surface area (Å²) in [6, 6.07) is 4.50. The maximum atomic E-state index is 12.3.